The fourth-order valence-corrected chi connectivity index (χ4v) is 2.99. The molecule has 1 atom stereocenters. The third-order valence-electron chi connectivity index (χ3n) is 2.79. The molecule has 1 unspecified atom stereocenters. The lowest BCUT2D eigenvalue weighted by molar-refractivity contribution is -0.118. The van der Waals surface area contributed by atoms with E-state index in [4.69, 9.17) is 0 Å². The number of likely N-dealkylation sites (N-methyl/N-ethyl adjacent to an activating group) is 1. The van der Waals surface area contributed by atoms with Crippen molar-refractivity contribution in [1.29, 1.82) is 0 Å². The van der Waals surface area contributed by atoms with Gasteiger partial charge in [0, 0.05) is 4.70 Å². The first kappa shape index (κ1) is 12.0. The number of carbonyl (C=O) groups is 1. The molecular weight excluding hydrogens is 230 g/mol. The molecule has 0 fully saturated rings. The van der Waals surface area contributed by atoms with Gasteiger partial charge in [-0.2, -0.15) is 0 Å². The van der Waals surface area contributed by atoms with Crippen LogP contribution < -0.4 is 0 Å². The molecule has 1 aromatic carbocycles. The molecule has 0 bridgehead atoms. The molecule has 2 rings (SSSR count). The van der Waals surface area contributed by atoms with E-state index >= 15 is 0 Å². The minimum Gasteiger partial charge on any atom is -0.296 e. The predicted octanol–water partition coefficient (Wildman–Crippen LogP) is 3.26. The van der Waals surface area contributed by atoms with Gasteiger partial charge in [0.15, 0.2) is 5.78 Å². The summed E-state index contributed by atoms with van der Waals surface area (Å²) < 4.78 is 1.21. The summed E-state index contributed by atoms with van der Waals surface area (Å²) in [6.07, 6.45) is 1.40. The van der Waals surface area contributed by atoms with Gasteiger partial charge in [-0.25, -0.2) is 0 Å². The predicted molar refractivity (Wildman–Crippen MR) is 73.5 cm³/mol. The summed E-state index contributed by atoms with van der Waals surface area (Å²) in [5.41, 5.74) is 1.07. The highest BCUT2D eigenvalue weighted by atomic mass is 32.1. The summed E-state index contributed by atoms with van der Waals surface area (Å²) in [7, 11) is 3.83. The standard InChI is InChI=1S/C14H15NOS/c1-4-12(16)14(15(2)3)11-9-17-13-8-6-5-7-10(11)13/h4-9,14H,1H2,2-3H3. The number of rotatable bonds is 4. The van der Waals surface area contributed by atoms with Crippen LogP contribution in [0.5, 0.6) is 0 Å². The van der Waals surface area contributed by atoms with E-state index in [2.05, 4.69) is 24.1 Å². The molecular formula is C14H15NOS. The van der Waals surface area contributed by atoms with Gasteiger partial charge in [-0.1, -0.05) is 24.8 Å². The molecule has 1 heterocycles. The number of nitrogens with zero attached hydrogens (tertiary/aromatic N) is 1. The van der Waals surface area contributed by atoms with E-state index in [1.54, 1.807) is 11.3 Å². The van der Waals surface area contributed by atoms with Crippen molar-refractivity contribution >= 4 is 27.2 Å². The van der Waals surface area contributed by atoms with Gasteiger partial charge in [0.05, 0.1) is 6.04 Å². The van der Waals surface area contributed by atoms with E-state index < -0.39 is 0 Å². The van der Waals surface area contributed by atoms with Crippen molar-refractivity contribution in [1.82, 2.24) is 4.90 Å². The fourth-order valence-electron chi connectivity index (χ4n) is 2.01. The molecule has 88 valence electrons. The quantitative estimate of drug-likeness (QED) is 0.771. The Labute approximate surface area is 105 Å². The monoisotopic (exact) mass is 245 g/mol. The third kappa shape index (κ3) is 2.16. The van der Waals surface area contributed by atoms with Crippen LogP contribution in [0.2, 0.25) is 0 Å². The number of hydrogen-bond acceptors (Lipinski definition) is 3. The minimum atomic E-state index is -0.233. The molecule has 3 heteroatoms. The molecule has 2 nitrogen and oxygen atoms in total. The van der Waals surface area contributed by atoms with E-state index in [-0.39, 0.29) is 11.8 Å². The van der Waals surface area contributed by atoms with Crippen molar-refractivity contribution in [3.05, 3.63) is 47.9 Å². The number of hydrogen-bond donors (Lipinski definition) is 0. The lowest BCUT2D eigenvalue weighted by Crippen LogP contribution is -2.26. The van der Waals surface area contributed by atoms with Gasteiger partial charge < -0.3 is 0 Å². The fraction of sp³-hybridized carbons (Fsp3) is 0.214. The van der Waals surface area contributed by atoms with Crippen LogP contribution in [0.25, 0.3) is 10.1 Å². The van der Waals surface area contributed by atoms with Gasteiger partial charge in [0.2, 0.25) is 0 Å². The van der Waals surface area contributed by atoms with Crippen LogP contribution in [0.15, 0.2) is 42.3 Å². The molecule has 0 aliphatic rings. The molecule has 0 amide bonds. The molecule has 0 saturated carbocycles. The van der Waals surface area contributed by atoms with Crippen LogP contribution in [-0.2, 0) is 4.79 Å². The molecule has 0 spiro atoms. The van der Waals surface area contributed by atoms with Gasteiger partial charge in [-0.15, -0.1) is 11.3 Å². The highest BCUT2D eigenvalue weighted by molar-refractivity contribution is 7.17. The zero-order chi connectivity index (χ0) is 12.4. The minimum absolute atomic E-state index is 0.0403. The van der Waals surface area contributed by atoms with E-state index in [1.165, 1.54) is 10.8 Å². The highest BCUT2D eigenvalue weighted by Gasteiger charge is 2.23. The summed E-state index contributed by atoms with van der Waals surface area (Å²) in [6, 6.07) is 7.93. The van der Waals surface area contributed by atoms with E-state index in [1.807, 2.05) is 31.1 Å². The van der Waals surface area contributed by atoms with E-state index in [9.17, 15) is 4.79 Å². The van der Waals surface area contributed by atoms with Gasteiger partial charge in [-0.05, 0) is 42.6 Å². The molecule has 1 aromatic heterocycles. The number of fused-ring (bicyclic) bond motifs is 1. The number of thiophene rings is 1. The maximum atomic E-state index is 11.9. The van der Waals surface area contributed by atoms with Crippen LogP contribution in [0.1, 0.15) is 11.6 Å². The Kier molecular flexibility index (Phi) is 3.41. The van der Waals surface area contributed by atoms with Gasteiger partial charge in [0.25, 0.3) is 0 Å². The Hall–Kier alpha value is -1.45. The van der Waals surface area contributed by atoms with Crippen LogP contribution >= 0.6 is 11.3 Å². The third-order valence-corrected chi connectivity index (χ3v) is 3.77. The Morgan fingerprint density at radius 2 is 2.12 bits per heavy atom. The van der Waals surface area contributed by atoms with E-state index in [0.717, 1.165) is 10.9 Å². The summed E-state index contributed by atoms with van der Waals surface area (Å²) in [5, 5.41) is 3.22. The number of ketones is 1. The molecule has 0 radical (unpaired) electrons. The van der Waals surface area contributed by atoms with Crippen LogP contribution in [0.4, 0.5) is 0 Å². The Bertz CT molecular complexity index is 556. The van der Waals surface area contributed by atoms with Crippen molar-refractivity contribution in [3.8, 4) is 0 Å². The zero-order valence-corrected chi connectivity index (χ0v) is 10.8. The average Bonchev–Trinajstić information content (AvgIpc) is 2.73. The maximum Gasteiger partial charge on any atom is 0.176 e. The maximum absolute atomic E-state index is 11.9. The zero-order valence-electron chi connectivity index (χ0n) is 10.0. The second-order valence-electron chi connectivity index (χ2n) is 4.16. The van der Waals surface area contributed by atoms with Crippen LogP contribution in [0, 0.1) is 0 Å². The van der Waals surface area contributed by atoms with Crippen molar-refractivity contribution in [3.63, 3.8) is 0 Å². The van der Waals surface area contributed by atoms with Crippen molar-refractivity contribution in [2.45, 2.75) is 6.04 Å². The average molecular weight is 245 g/mol. The summed E-state index contributed by atoms with van der Waals surface area (Å²) >= 11 is 1.67. The summed E-state index contributed by atoms with van der Waals surface area (Å²) in [4.78, 5) is 13.9. The van der Waals surface area contributed by atoms with Gasteiger partial charge in [0.1, 0.15) is 0 Å². The first-order valence-electron chi connectivity index (χ1n) is 5.44. The lowest BCUT2D eigenvalue weighted by atomic mass is 10.0. The molecule has 0 aliphatic heterocycles. The Morgan fingerprint density at radius 1 is 1.41 bits per heavy atom. The number of benzene rings is 1. The molecule has 0 saturated heterocycles. The summed E-state index contributed by atoms with van der Waals surface area (Å²) in [5.74, 6) is 0.0403. The molecule has 0 N–H and O–H groups in total. The second kappa shape index (κ2) is 4.82. The molecule has 0 aliphatic carbocycles. The van der Waals surface area contributed by atoms with E-state index in [0.29, 0.717) is 0 Å². The van der Waals surface area contributed by atoms with Gasteiger partial charge >= 0.3 is 0 Å². The molecule has 17 heavy (non-hydrogen) atoms. The highest BCUT2D eigenvalue weighted by Crippen LogP contribution is 2.32. The Morgan fingerprint density at radius 3 is 2.76 bits per heavy atom. The van der Waals surface area contributed by atoms with Crippen molar-refractivity contribution in [2.24, 2.45) is 0 Å². The van der Waals surface area contributed by atoms with Crippen molar-refractivity contribution < 1.29 is 4.79 Å². The van der Waals surface area contributed by atoms with Crippen LogP contribution in [-0.4, -0.2) is 24.8 Å². The van der Waals surface area contributed by atoms with Gasteiger partial charge in [-0.3, -0.25) is 9.69 Å². The largest absolute Gasteiger partial charge is 0.296 e. The molecule has 2 aromatic rings. The first-order chi connectivity index (χ1) is 8.15. The lowest BCUT2D eigenvalue weighted by Gasteiger charge is -2.21. The Balaban J connectivity index is 2.56. The second-order valence-corrected chi connectivity index (χ2v) is 5.07. The van der Waals surface area contributed by atoms with Crippen molar-refractivity contribution in [2.75, 3.05) is 14.1 Å². The smallest absolute Gasteiger partial charge is 0.176 e. The summed E-state index contributed by atoms with van der Waals surface area (Å²) in [6.45, 7) is 3.58. The topological polar surface area (TPSA) is 20.3 Å². The first-order valence-corrected chi connectivity index (χ1v) is 6.32. The normalized spacial score (nSPS) is 12.9. The number of carbonyl (C=O) groups excluding carboxylic acids is 1. The van der Waals surface area contributed by atoms with Crippen LogP contribution in [0.3, 0.4) is 0 Å². The SMILES string of the molecule is C=CC(=O)C(c1csc2ccccc12)N(C)C.